The third-order valence-corrected chi connectivity index (χ3v) is 2.71. The predicted octanol–water partition coefficient (Wildman–Crippen LogP) is 4.11. The van der Waals surface area contributed by atoms with Gasteiger partial charge in [0.25, 0.3) is 0 Å². The van der Waals surface area contributed by atoms with E-state index in [0.29, 0.717) is 5.69 Å². The second-order valence-corrected chi connectivity index (χ2v) is 4.15. The van der Waals surface area contributed by atoms with Crippen molar-refractivity contribution in [3.8, 4) is 5.75 Å². The van der Waals surface area contributed by atoms with E-state index in [0.717, 1.165) is 19.3 Å². The summed E-state index contributed by atoms with van der Waals surface area (Å²) in [4.78, 5) is 0. The molecule has 18 heavy (non-hydrogen) atoms. The van der Waals surface area contributed by atoms with Crippen LogP contribution in [-0.2, 0) is 0 Å². The molecule has 2 nitrogen and oxygen atoms in total. The Bertz CT molecular complexity index is 428. The second-order valence-electron chi connectivity index (χ2n) is 4.15. The fourth-order valence-corrected chi connectivity index (χ4v) is 1.93. The summed E-state index contributed by atoms with van der Waals surface area (Å²) in [6, 6.07) is 6.16. The molecule has 1 unspecified atom stereocenters. The lowest BCUT2D eigenvalue weighted by Gasteiger charge is -2.21. The zero-order chi connectivity index (χ0) is 13.0. The zero-order valence-corrected chi connectivity index (χ0v) is 9.70. The highest BCUT2D eigenvalue weighted by Crippen LogP contribution is 2.31. The Morgan fingerprint density at radius 1 is 1.22 bits per heavy atom. The molecule has 1 aliphatic rings. The van der Waals surface area contributed by atoms with E-state index in [1.165, 1.54) is 12.1 Å². The van der Waals surface area contributed by atoms with Gasteiger partial charge in [-0.25, -0.2) is 0 Å². The molecule has 0 heterocycles. The van der Waals surface area contributed by atoms with E-state index in [1.54, 1.807) is 12.1 Å². The summed E-state index contributed by atoms with van der Waals surface area (Å²) in [5.74, 6) is -0.191. The molecule has 1 N–H and O–H groups in total. The zero-order valence-electron chi connectivity index (χ0n) is 9.70. The van der Waals surface area contributed by atoms with E-state index in [2.05, 4.69) is 10.1 Å². The van der Waals surface area contributed by atoms with Crippen molar-refractivity contribution in [2.24, 2.45) is 0 Å². The van der Waals surface area contributed by atoms with Crippen LogP contribution < -0.4 is 10.1 Å². The number of halogens is 3. The highest BCUT2D eigenvalue weighted by Gasteiger charge is 2.32. The van der Waals surface area contributed by atoms with Crippen molar-refractivity contribution >= 4 is 5.69 Å². The van der Waals surface area contributed by atoms with Crippen molar-refractivity contribution < 1.29 is 17.9 Å². The lowest BCUT2D eigenvalue weighted by Crippen LogP contribution is -2.21. The number of ether oxygens (including phenoxy) is 1. The Balaban J connectivity index is 2.11. The molecule has 1 aromatic carbocycles. The van der Waals surface area contributed by atoms with Gasteiger partial charge in [0.15, 0.2) is 5.75 Å². The molecule has 0 aromatic heterocycles. The molecule has 2 rings (SSSR count). The average Bonchev–Trinajstić information content (AvgIpc) is 2.31. The Kier molecular flexibility index (Phi) is 3.79. The summed E-state index contributed by atoms with van der Waals surface area (Å²) >= 11 is 0. The first-order valence-corrected chi connectivity index (χ1v) is 5.82. The molecule has 0 spiro atoms. The standard InChI is InChI=1S/C13H14F3NO/c14-13(15,16)18-12-9-5-4-8-11(12)17-10-6-2-1-3-7-10/h2,4-6,8-10,17H,1,3,7H2. The van der Waals surface area contributed by atoms with Gasteiger partial charge in [0.1, 0.15) is 0 Å². The fourth-order valence-electron chi connectivity index (χ4n) is 1.93. The van der Waals surface area contributed by atoms with E-state index < -0.39 is 6.36 Å². The molecule has 0 amide bonds. The van der Waals surface area contributed by atoms with E-state index in [9.17, 15) is 13.2 Å². The number of benzene rings is 1. The molecule has 0 radical (unpaired) electrons. The summed E-state index contributed by atoms with van der Waals surface area (Å²) in [6.07, 6.45) is 2.33. The number of allylic oxidation sites excluding steroid dienone is 1. The van der Waals surface area contributed by atoms with Crippen LogP contribution in [-0.4, -0.2) is 12.4 Å². The SMILES string of the molecule is FC(F)(F)Oc1ccccc1NC1C=CCCC1. The van der Waals surface area contributed by atoms with Gasteiger partial charge in [0.2, 0.25) is 0 Å². The number of anilines is 1. The Hall–Kier alpha value is -1.65. The third kappa shape index (κ3) is 3.68. The number of rotatable bonds is 3. The van der Waals surface area contributed by atoms with Crippen LogP contribution in [0.15, 0.2) is 36.4 Å². The summed E-state index contributed by atoms with van der Waals surface area (Å²) in [7, 11) is 0. The second kappa shape index (κ2) is 5.33. The van der Waals surface area contributed by atoms with Gasteiger partial charge in [0.05, 0.1) is 5.69 Å². The maximum atomic E-state index is 12.2. The van der Waals surface area contributed by atoms with Gasteiger partial charge < -0.3 is 10.1 Å². The first-order chi connectivity index (χ1) is 8.54. The minimum atomic E-state index is -4.67. The summed E-state index contributed by atoms with van der Waals surface area (Å²) in [5, 5.41) is 3.06. The van der Waals surface area contributed by atoms with E-state index in [4.69, 9.17) is 0 Å². The monoisotopic (exact) mass is 257 g/mol. The molecule has 0 fully saturated rings. The molecule has 0 saturated carbocycles. The lowest BCUT2D eigenvalue weighted by molar-refractivity contribution is -0.274. The Labute approximate surface area is 103 Å². The number of alkyl halides is 3. The molecule has 0 bridgehead atoms. The van der Waals surface area contributed by atoms with Crippen LogP contribution in [0.3, 0.4) is 0 Å². The molecular formula is C13H14F3NO. The number of hydrogen-bond donors (Lipinski definition) is 1. The van der Waals surface area contributed by atoms with Gasteiger partial charge in [-0.05, 0) is 31.4 Å². The number of nitrogens with one attached hydrogen (secondary N) is 1. The summed E-state index contributed by atoms with van der Waals surface area (Å²) in [6.45, 7) is 0. The van der Waals surface area contributed by atoms with Crippen LogP contribution in [0.1, 0.15) is 19.3 Å². The van der Waals surface area contributed by atoms with Crippen LogP contribution in [0.2, 0.25) is 0 Å². The van der Waals surface area contributed by atoms with Crippen LogP contribution >= 0.6 is 0 Å². The quantitative estimate of drug-likeness (QED) is 0.823. The summed E-state index contributed by atoms with van der Waals surface area (Å²) < 4.78 is 40.7. The van der Waals surface area contributed by atoms with Crippen molar-refractivity contribution in [2.45, 2.75) is 31.7 Å². The van der Waals surface area contributed by atoms with Gasteiger partial charge in [-0.2, -0.15) is 0 Å². The van der Waals surface area contributed by atoms with Crippen molar-refractivity contribution in [1.82, 2.24) is 0 Å². The van der Waals surface area contributed by atoms with Crippen molar-refractivity contribution in [3.63, 3.8) is 0 Å². The molecule has 0 saturated heterocycles. The smallest absolute Gasteiger partial charge is 0.404 e. The van der Waals surface area contributed by atoms with Gasteiger partial charge in [-0.1, -0.05) is 24.3 Å². The minimum Gasteiger partial charge on any atom is -0.404 e. The molecule has 5 heteroatoms. The predicted molar refractivity (Wildman–Crippen MR) is 63.5 cm³/mol. The molecule has 98 valence electrons. The Morgan fingerprint density at radius 2 is 2.00 bits per heavy atom. The van der Waals surface area contributed by atoms with Crippen molar-refractivity contribution in [2.75, 3.05) is 5.32 Å². The van der Waals surface area contributed by atoms with Gasteiger partial charge in [-0.3, -0.25) is 0 Å². The lowest BCUT2D eigenvalue weighted by atomic mass is 10.0. The van der Waals surface area contributed by atoms with Gasteiger partial charge in [-0.15, -0.1) is 13.2 Å². The van der Waals surface area contributed by atoms with Crippen LogP contribution in [0, 0.1) is 0 Å². The Morgan fingerprint density at radius 3 is 2.67 bits per heavy atom. The number of para-hydroxylation sites is 2. The first-order valence-electron chi connectivity index (χ1n) is 5.82. The van der Waals surface area contributed by atoms with Crippen LogP contribution in [0.4, 0.5) is 18.9 Å². The molecule has 1 atom stereocenters. The number of hydrogen-bond acceptors (Lipinski definition) is 2. The van der Waals surface area contributed by atoms with Crippen LogP contribution in [0.25, 0.3) is 0 Å². The highest BCUT2D eigenvalue weighted by molar-refractivity contribution is 5.57. The van der Waals surface area contributed by atoms with Crippen LogP contribution in [0.5, 0.6) is 5.75 Å². The first kappa shape index (κ1) is 12.8. The van der Waals surface area contributed by atoms with Gasteiger partial charge >= 0.3 is 6.36 Å². The molecule has 1 aliphatic carbocycles. The average molecular weight is 257 g/mol. The fraction of sp³-hybridized carbons (Fsp3) is 0.385. The normalized spacial score (nSPS) is 19.6. The third-order valence-electron chi connectivity index (χ3n) is 2.71. The van der Waals surface area contributed by atoms with Gasteiger partial charge in [0, 0.05) is 6.04 Å². The van der Waals surface area contributed by atoms with E-state index in [-0.39, 0.29) is 11.8 Å². The highest BCUT2D eigenvalue weighted by atomic mass is 19.4. The minimum absolute atomic E-state index is 0.0664. The maximum Gasteiger partial charge on any atom is 0.573 e. The van der Waals surface area contributed by atoms with E-state index in [1.807, 2.05) is 12.2 Å². The maximum absolute atomic E-state index is 12.2. The van der Waals surface area contributed by atoms with E-state index >= 15 is 0 Å². The summed E-state index contributed by atoms with van der Waals surface area (Å²) in [5.41, 5.74) is 0.367. The molecule has 1 aromatic rings. The van der Waals surface area contributed by atoms with Crippen molar-refractivity contribution in [1.29, 1.82) is 0 Å². The largest absolute Gasteiger partial charge is 0.573 e. The molecular weight excluding hydrogens is 243 g/mol. The topological polar surface area (TPSA) is 21.3 Å². The molecule has 0 aliphatic heterocycles. The van der Waals surface area contributed by atoms with Crippen molar-refractivity contribution in [3.05, 3.63) is 36.4 Å².